The Morgan fingerprint density at radius 2 is 1.69 bits per heavy atom. The number of hydrogen-bond donors (Lipinski definition) is 5. The molecule has 3 aliphatic heterocycles. The number of halogens is 1. The van der Waals surface area contributed by atoms with Gasteiger partial charge in [0, 0.05) is 7.05 Å². The van der Waals surface area contributed by atoms with Gasteiger partial charge in [-0.05, 0) is 6.72 Å². The van der Waals surface area contributed by atoms with Gasteiger partial charge in [-0.15, -0.1) is 0 Å². The molecule has 45 heavy (non-hydrogen) atoms. The summed E-state index contributed by atoms with van der Waals surface area (Å²) in [6.45, 7) is -6.53. The summed E-state index contributed by atoms with van der Waals surface area (Å²) in [4.78, 5) is 24.1. The number of anilines is 1. The van der Waals surface area contributed by atoms with Gasteiger partial charge in [-0.1, -0.05) is 24.5 Å². The van der Waals surface area contributed by atoms with Crippen molar-refractivity contribution in [2.75, 3.05) is 26.0 Å². The quantitative estimate of drug-likeness (QED) is 0.111. The number of rotatable bonds is 4. The summed E-state index contributed by atoms with van der Waals surface area (Å²) in [6, 6.07) is 0. The van der Waals surface area contributed by atoms with Crippen LogP contribution < -0.4 is 11.5 Å². The van der Waals surface area contributed by atoms with Gasteiger partial charge in [-0.2, -0.15) is 0 Å². The maximum Gasteiger partial charge on any atom is 0.386 e. The molecule has 0 unspecified atom stereocenters. The van der Waals surface area contributed by atoms with E-state index in [1.165, 1.54) is 35.2 Å². The minimum atomic E-state index is -4.41. The number of aromatic nitrogens is 6. The number of aliphatic hydroxyl groups is 1. The van der Waals surface area contributed by atoms with Crippen LogP contribution in [-0.2, 0) is 36.7 Å². The lowest BCUT2D eigenvalue weighted by Crippen LogP contribution is -2.35. The predicted octanol–water partition coefficient (Wildman–Crippen LogP) is 1.36. The Kier molecular flexibility index (Phi) is 8.85. The van der Waals surface area contributed by atoms with Crippen molar-refractivity contribution in [3.05, 3.63) is 24.7 Å². The van der Waals surface area contributed by atoms with Crippen LogP contribution in [0.4, 0.5) is 16.0 Å². The molecule has 3 aromatic rings. The zero-order valence-corrected chi connectivity index (χ0v) is 26.7. The first-order valence-electron chi connectivity index (χ1n) is 13.0. The molecule has 3 saturated heterocycles. The molecule has 0 aliphatic carbocycles. The van der Waals surface area contributed by atoms with Crippen molar-refractivity contribution in [2.45, 2.75) is 49.1 Å². The van der Waals surface area contributed by atoms with Gasteiger partial charge in [0.2, 0.25) is 0 Å². The third-order valence-electron chi connectivity index (χ3n) is 7.22. The fourth-order valence-corrected chi connectivity index (χ4v) is 8.07. The fraction of sp³-hybridized carbons (Fsp3) is 0.524. The number of thiol groups is 2. The van der Waals surface area contributed by atoms with Crippen molar-refractivity contribution in [1.29, 1.82) is 0 Å². The second kappa shape index (κ2) is 12.3. The van der Waals surface area contributed by atoms with Gasteiger partial charge >= 0.3 is 13.6 Å². The molecule has 19 nitrogen and oxygen atoms in total. The monoisotopic (exact) mass is 708 g/mol. The number of fused-ring (bicyclic) bond motifs is 4. The summed E-state index contributed by atoms with van der Waals surface area (Å²) in [5.41, 5.74) is 12.3. The molecule has 0 spiro atoms. The lowest BCUT2D eigenvalue weighted by atomic mass is 10.1. The van der Waals surface area contributed by atoms with Gasteiger partial charge in [0.25, 0.3) is 0 Å². The summed E-state index contributed by atoms with van der Waals surface area (Å²) in [6.07, 6.45) is -8.30. The van der Waals surface area contributed by atoms with Crippen LogP contribution >= 0.6 is 38.1 Å². The van der Waals surface area contributed by atoms with Crippen LogP contribution in [0.1, 0.15) is 18.1 Å². The molecule has 6 rings (SSSR count). The predicted molar refractivity (Wildman–Crippen MR) is 161 cm³/mol. The standard InChI is InChI=1S/C21H27FN10O9P2S2/c1-25-16(23)11-18(26-2)31(6-29-11)20-13(33)14-9(39-20)4-37-43(35,45)41-15-10(22)8(3-36-42(34,44)40-14)38-21(15)32-7-30-12-17(24)27-5-28-19(12)32/h5-10,13-15,20-21,33H,2-4H2,1H3,(H2,23,25)(H,34,44)(H,35,45)(H2,24,27,28)/t8-,9-,10+,13-,14-,15-,20-,21-,42-,43-/m1/s1. The summed E-state index contributed by atoms with van der Waals surface area (Å²) in [7, 11) is 1.45. The Hall–Kier alpha value is -2.49. The van der Waals surface area contributed by atoms with E-state index < -0.39 is 76.0 Å². The molecule has 3 aliphatic rings. The number of hydrogen-bond acceptors (Lipinski definition) is 16. The largest absolute Gasteiger partial charge is 0.386 e. The normalized spacial score (nSPS) is 37.9. The van der Waals surface area contributed by atoms with E-state index in [-0.39, 0.29) is 34.3 Å². The number of nitrogens with two attached hydrogens (primary N) is 2. The van der Waals surface area contributed by atoms with E-state index >= 15 is 4.39 Å². The van der Waals surface area contributed by atoms with Crippen LogP contribution in [0.15, 0.2) is 29.0 Å². The third kappa shape index (κ3) is 6.05. The SMILES string of the molecule is C=Nc1c(/C(N)=N\C)ncn1[C@@H]1O[C@@H]2CO[P@@](=O)(S)O[C@@H]3[C@@H](F)[C@@H](CO[P@@](=O)(S)O[C@H]2[C@H]1O)O[C@H]3n1cnc2c(N)ncnc21. The highest BCUT2D eigenvalue weighted by Crippen LogP contribution is 2.60. The number of nitrogens with zero attached hydrogens (tertiary/aromatic N) is 8. The van der Waals surface area contributed by atoms with Gasteiger partial charge in [0.1, 0.15) is 53.9 Å². The van der Waals surface area contributed by atoms with E-state index in [0.29, 0.717) is 0 Å². The first-order valence-corrected chi connectivity index (χ1v) is 18.4. The number of amidine groups is 1. The number of aliphatic imine (C=N–C) groups is 2. The van der Waals surface area contributed by atoms with E-state index in [1.807, 2.05) is 0 Å². The number of ether oxygens (including phenoxy) is 2. The van der Waals surface area contributed by atoms with E-state index in [4.69, 9.17) is 39.0 Å². The molecule has 5 N–H and O–H groups in total. The molecule has 2 bridgehead atoms. The minimum Gasteiger partial charge on any atom is -0.386 e. The first-order chi connectivity index (χ1) is 21.3. The van der Waals surface area contributed by atoms with Gasteiger partial charge in [0.15, 0.2) is 35.9 Å². The van der Waals surface area contributed by atoms with Gasteiger partial charge in [-0.3, -0.25) is 32.2 Å². The highest BCUT2D eigenvalue weighted by molar-refractivity contribution is 8.44. The van der Waals surface area contributed by atoms with Crippen molar-refractivity contribution >= 4 is 73.4 Å². The number of alkyl halides is 1. The van der Waals surface area contributed by atoms with Crippen LogP contribution in [-0.4, -0.2) is 104 Å². The van der Waals surface area contributed by atoms with Crippen LogP contribution in [0.2, 0.25) is 0 Å². The lowest BCUT2D eigenvalue weighted by molar-refractivity contribution is -0.0576. The Labute approximate surface area is 263 Å². The molecule has 244 valence electrons. The Balaban J connectivity index is 1.31. The van der Waals surface area contributed by atoms with Crippen molar-refractivity contribution < 1.29 is 46.2 Å². The Morgan fingerprint density at radius 1 is 1.04 bits per heavy atom. The maximum atomic E-state index is 15.8. The van der Waals surface area contributed by atoms with Crippen molar-refractivity contribution in [3.8, 4) is 0 Å². The van der Waals surface area contributed by atoms with E-state index in [0.717, 1.165) is 0 Å². The summed E-state index contributed by atoms with van der Waals surface area (Å²) in [5, 5.41) is 11.3. The number of imidazole rings is 2. The highest BCUT2D eigenvalue weighted by atomic mass is 32.7. The fourth-order valence-electron chi connectivity index (χ4n) is 5.12. The van der Waals surface area contributed by atoms with Crippen LogP contribution in [0.25, 0.3) is 11.2 Å². The van der Waals surface area contributed by atoms with Crippen molar-refractivity contribution in [2.24, 2.45) is 15.7 Å². The smallest absolute Gasteiger partial charge is 0.386 e. The Bertz CT molecular complexity index is 1750. The minimum absolute atomic E-state index is 0.0353. The summed E-state index contributed by atoms with van der Waals surface area (Å²) >= 11 is 8.07. The average Bonchev–Trinajstić information content (AvgIpc) is 3.75. The van der Waals surface area contributed by atoms with Crippen molar-refractivity contribution in [1.82, 2.24) is 29.1 Å². The molecule has 3 aromatic heterocycles. The van der Waals surface area contributed by atoms with Crippen LogP contribution in [0.5, 0.6) is 0 Å². The molecular formula is C21H27FN10O9P2S2. The molecule has 0 radical (unpaired) electrons. The third-order valence-corrected chi connectivity index (χ3v) is 10.5. The maximum absolute atomic E-state index is 15.8. The summed E-state index contributed by atoms with van der Waals surface area (Å²) < 4.78 is 79.2. The molecule has 24 heteroatoms. The topological polar surface area (TPSA) is 248 Å². The van der Waals surface area contributed by atoms with E-state index in [2.05, 4.69) is 61.1 Å². The molecular weight excluding hydrogens is 681 g/mol. The number of aliphatic hydroxyl groups excluding tert-OH is 1. The van der Waals surface area contributed by atoms with Crippen molar-refractivity contribution in [3.63, 3.8) is 0 Å². The van der Waals surface area contributed by atoms with Crippen LogP contribution in [0, 0.1) is 0 Å². The molecule has 0 amide bonds. The van der Waals surface area contributed by atoms with Crippen LogP contribution in [0.3, 0.4) is 0 Å². The van der Waals surface area contributed by atoms with E-state index in [9.17, 15) is 14.2 Å². The van der Waals surface area contributed by atoms with Gasteiger partial charge in [-0.25, -0.2) is 38.4 Å². The molecule has 10 atom stereocenters. The van der Waals surface area contributed by atoms with Gasteiger partial charge < -0.3 is 26.0 Å². The number of nitrogen functional groups attached to an aromatic ring is 1. The first kappa shape index (κ1) is 32.5. The van der Waals surface area contributed by atoms with Gasteiger partial charge in [0.05, 0.1) is 25.9 Å². The zero-order chi connectivity index (χ0) is 32.3. The molecule has 3 fully saturated rings. The average molecular weight is 709 g/mol. The molecule has 0 saturated carbocycles. The zero-order valence-electron chi connectivity index (χ0n) is 23.1. The molecule has 0 aromatic carbocycles. The lowest BCUT2D eigenvalue weighted by Gasteiger charge is -2.26. The Morgan fingerprint density at radius 3 is 2.38 bits per heavy atom. The summed E-state index contributed by atoms with van der Waals surface area (Å²) in [5.74, 6) is 0.187. The highest BCUT2D eigenvalue weighted by Gasteiger charge is 2.54. The second-order valence-corrected chi connectivity index (χ2v) is 15.7. The second-order valence-electron chi connectivity index (χ2n) is 9.91. The van der Waals surface area contributed by atoms with E-state index in [1.54, 1.807) is 0 Å². The molecule has 6 heterocycles.